The Bertz CT molecular complexity index is 301. The topological polar surface area (TPSA) is 51.2 Å². The van der Waals surface area contributed by atoms with E-state index in [2.05, 4.69) is 15.0 Å². The molecule has 4 nitrogen and oxygen atoms in total. The van der Waals surface area contributed by atoms with Gasteiger partial charge in [0.2, 0.25) is 0 Å². The fourth-order valence-corrected chi connectivity index (χ4v) is 1.42. The highest BCUT2D eigenvalue weighted by atomic mass is 16.5. The van der Waals surface area contributed by atoms with Crippen molar-refractivity contribution < 1.29 is 9.53 Å². The van der Waals surface area contributed by atoms with E-state index in [4.69, 9.17) is 0 Å². The van der Waals surface area contributed by atoms with Crippen LogP contribution < -0.4 is 5.32 Å². The van der Waals surface area contributed by atoms with Crippen LogP contribution in [0, 0.1) is 0 Å². The van der Waals surface area contributed by atoms with Gasteiger partial charge in [-0.05, 0) is 25.1 Å². The first-order valence-corrected chi connectivity index (χ1v) is 4.92. The van der Waals surface area contributed by atoms with Gasteiger partial charge in [0, 0.05) is 24.9 Å². The molecule has 1 atom stereocenters. The third-order valence-corrected chi connectivity index (χ3v) is 2.30. The maximum atomic E-state index is 11.0. The normalized spacial score (nSPS) is 12.1. The number of pyridine rings is 1. The van der Waals surface area contributed by atoms with Crippen molar-refractivity contribution in [1.29, 1.82) is 0 Å². The summed E-state index contributed by atoms with van der Waals surface area (Å²) in [6.45, 7) is 0. The molecule has 4 heteroatoms. The molecule has 1 N–H and O–H groups in total. The molecule has 0 aliphatic heterocycles. The number of nitrogens with one attached hydrogen (secondary N) is 1. The second kappa shape index (κ2) is 6.14. The second-order valence-corrected chi connectivity index (χ2v) is 3.24. The summed E-state index contributed by atoms with van der Waals surface area (Å²) in [5.41, 5.74) is 1.09. The first-order valence-electron chi connectivity index (χ1n) is 4.92. The zero-order chi connectivity index (χ0) is 11.1. The smallest absolute Gasteiger partial charge is 0.305 e. The standard InChI is InChI=1S/C11H16N2O2/c1-12-10(5-6-11(14)15-2)9-4-3-7-13-8-9/h3-4,7-8,10,12H,5-6H2,1-2H3. The van der Waals surface area contributed by atoms with Crippen molar-refractivity contribution in [3.63, 3.8) is 0 Å². The molecule has 0 amide bonds. The molecule has 82 valence electrons. The average Bonchev–Trinajstić information content (AvgIpc) is 2.31. The Kier molecular flexibility index (Phi) is 4.77. The number of nitrogens with zero attached hydrogens (tertiary/aromatic N) is 1. The molecule has 0 aliphatic carbocycles. The average molecular weight is 208 g/mol. The van der Waals surface area contributed by atoms with E-state index in [9.17, 15) is 4.79 Å². The van der Waals surface area contributed by atoms with E-state index in [0.29, 0.717) is 6.42 Å². The molecule has 0 aromatic carbocycles. The van der Waals surface area contributed by atoms with Crippen LogP contribution in [-0.2, 0) is 9.53 Å². The van der Waals surface area contributed by atoms with Crippen LogP contribution in [0.1, 0.15) is 24.4 Å². The molecule has 1 unspecified atom stereocenters. The highest BCUT2D eigenvalue weighted by molar-refractivity contribution is 5.69. The van der Waals surface area contributed by atoms with E-state index in [1.807, 2.05) is 19.2 Å². The maximum absolute atomic E-state index is 11.0. The van der Waals surface area contributed by atoms with Crippen LogP contribution in [0.15, 0.2) is 24.5 Å². The minimum atomic E-state index is -0.181. The van der Waals surface area contributed by atoms with Crippen LogP contribution in [0.25, 0.3) is 0 Å². The largest absolute Gasteiger partial charge is 0.469 e. The Hall–Kier alpha value is -1.42. The van der Waals surface area contributed by atoms with Gasteiger partial charge >= 0.3 is 5.97 Å². The maximum Gasteiger partial charge on any atom is 0.305 e. The van der Waals surface area contributed by atoms with Gasteiger partial charge in [0.1, 0.15) is 0 Å². The van der Waals surface area contributed by atoms with E-state index in [1.54, 1.807) is 12.4 Å². The molecule has 0 saturated carbocycles. The summed E-state index contributed by atoms with van der Waals surface area (Å²) < 4.78 is 4.60. The number of hydrogen-bond donors (Lipinski definition) is 1. The number of methoxy groups -OCH3 is 1. The molecule has 0 aliphatic rings. The number of ether oxygens (including phenoxy) is 1. The number of carbonyl (C=O) groups excluding carboxylic acids is 1. The number of esters is 1. The molecule has 1 aromatic heterocycles. The lowest BCUT2D eigenvalue weighted by atomic mass is 10.0. The molecule has 0 bridgehead atoms. The zero-order valence-electron chi connectivity index (χ0n) is 9.06. The minimum absolute atomic E-state index is 0.151. The fraction of sp³-hybridized carbons (Fsp3) is 0.455. The zero-order valence-corrected chi connectivity index (χ0v) is 9.06. The third kappa shape index (κ3) is 3.67. The van der Waals surface area contributed by atoms with Crippen molar-refractivity contribution in [1.82, 2.24) is 10.3 Å². The molecule has 0 fully saturated rings. The molecule has 0 saturated heterocycles. The molecule has 1 heterocycles. The third-order valence-electron chi connectivity index (χ3n) is 2.30. The second-order valence-electron chi connectivity index (χ2n) is 3.24. The highest BCUT2D eigenvalue weighted by Crippen LogP contribution is 2.16. The van der Waals surface area contributed by atoms with Crippen LogP contribution >= 0.6 is 0 Å². The molecular formula is C11H16N2O2. The Morgan fingerprint density at radius 1 is 1.67 bits per heavy atom. The van der Waals surface area contributed by atoms with E-state index in [-0.39, 0.29) is 12.0 Å². The van der Waals surface area contributed by atoms with Crippen molar-refractivity contribution in [3.8, 4) is 0 Å². The Morgan fingerprint density at radius 3 is 3.00 bits per heavy atom. The van der Waals surface area contributed by atoms with Gasteiger partial charge in [-0.2, -0.15) is 0 Å². The number of carbonyl (C=O) groups is 1. The van der Waals surface area contributed by atoms with Gasteiger partial charge in [-0.3, -0.25) is 9.78 Å². The van der Waals surface area contributed by atoms with Crippen molar-refractivity contribution in [2.45, 2.75) is 18.9 Å². The lowest BCUT2D eigenvalue weighted by Gasteiger charge is -2.15. The highest BCUT2D eigenvalue weighted by Gasteiger charge is 2.11. The van der Waals surface area contributed by atoms with E-state index < -0.39 is 0 Å². The summed E-state index contributed by atoms with van der Waals surface area (Å²) in [6, 6.07) is 4.03. The molecular weight excluding hydrogens is 192 g/mol. The van der Waals surface area contributed by atoms with Gasteiger partial charge in [-0.1, -0.05) is 6.07 Å². The van der Waals surface area contributed by atoms with Crippen LogP contribution in [0.2, 0.25) is 0 Å². The van der Waals surface area contributed by atoms with Gasteiger partial charge < -0.3 is 10.1 Å². The van der Waals surface area contributed by atoms with Crippen LogP contribution in [0.4, 0.5) is 0 Å². The summed E-state index contributed by atoms with van der Waals surface area (Å²) in [7, 11) is 3.27. The molecule has 1 rings (SSSR count). The summed E-state index contributed by atoms with van der Waals surface area (Å²) >= 11 is 0. The predicted octanol–water partition coefficient (Wildman–Crippen LogP) is 1.30. The van der Waals surface area contributed by atoms with Crippen molar-refractivity contribution in [2.24, 2.45) is 0 Å². The van der Waals surface area contributed by atoms with Crippen LogP contribution in [0.3, 0.4) is 0 Å². The number of rotatable bonds is 5. The first kappa shape index (κ1) is 11.7. The van der Waals surface area contributed by atoms with E-state index >= 15 is 0 Å². The van der Waals surface area contributed by atoms with E-state index in [0.717, 1.165) is 12.0 Å². The molecule has 1 aromatic rings. The summed E-state index contributed by atoms with van der Waals surface area (Å²) in [5.74, 6) is -0.181. The molecule has 15 heavy (non-hydrogen) atoms. The van der Waals surface area contributed by atoms with Gasteiger partial charge in [0.05, 0.1) is 7.11 Å². The Morgan fingerprint density at radius 2 is 2.47 bits per heavy atom. The first-order chi connectivity index (χ1) is 7.27. The molecule has 0 spiro atoms. The van der Waals surface area contributed by atoms with Crippen LogP contribution in [0.5, 0.6) is 0 Å². The van der Waals surface area contributed by atoms with E-state index in [1.165, 1.54) is 7.11 Å². The van der Waals surface area contributed by atoms with Gasteiger partial charge in [-0.25, -0.2) is 0 Å². The van der Waals surface area contributed by atoms with Crippen molar-refractivity contribution in [3.05, 3.63) is 30.1 Å². The monoisotopic (exact) mass is 208 g/mol. The lowest BCUT2D eigenvalue weighted by Crippen LogP contribution is -2.18. The lowest BCUT2D eigenvalue weighted by molar-refractivity contribution is -0.140. The Balaban J connectivity index is 2.53. The fourth-order valence-electron chi connectivity index (χ4n) is 1.42. The minimum Gasteiger partial charge on any atom is -0.469 e. The van der Waals surface area contributed by atoms with Crippen molar-refractivity contribution in [2.75, 3.05) is 14.2 Å². The van der Waals surface area contributed by atoms with Gasteiger partial charge in [-0.15, -0.1) is 0 Å². The Labute approximate surface area is 89.7 Å². The SMILES string of the molecule is CNC(CCC(=O)OC)c1cccnc1. The van der Waals surface area contributed by atoms with Crippen LogP contribution in [-0.4, -0.2) is 25.1 Å². The van der Waals surface area contributed by atoms with Crippen molar-refractivity contribution >= 4 is 5.97 Å². The predicted molar refractivity (Wildman–Crippen MR) is 57.3 cm³/mol. The number of aromatic nitrogens is 1. The molecule has 0 radical (unpaired) electrons. The quantitative estimate of drug-likeness (QED) is 0.741. The summed E-state index contributed by atoms with van der Waals surface area (Å²) in [6.07, 6.45) is 4.67. The van der Waals surface area contributed by atoms with Gasteiger partial charge in [0.25, 0.3) is 0 Å². The van der Waals surface area contributed by atoms with Gasteiger partial charge in [0.15, 0.2) is 0 Å². The number of hydrogen-bond acceptors (Lipinski definition) is 4. The summed E-state index contributed by atoms with van der Waals surface area (Å²) in [4.78, 5) is 15.0. The summed E-state index contributed by atoms with van der Waals surface area (Å²) in [5, 5.41) is 3.15.